The summed E-state index contributed by atoms with van der Waals surface area (Å²) in [7, 11) is -8.22. The van der Waals surface area contributed by atoms with Gasteiger partial charge in [-0.15, -0.1) is 0 Å². The van der Waals surface area contributed by atoms with Gasteiger partial charge in [-0.25, -0.2) is 31.5 Å². The number of aliphatic imine (C=N–C) groups is 1. The van der Waals surface area contributed by atoms with Crippen LogP contribution in [-0.2, 0) is 31.4 Å². The minimum Gasteiger partial charge on any atom is -0.384 e. The summed E-state index contributed by atoms with van der Waals surface area (Å²) in [6, 6.07) is 13.1. The van der Waals surface area contributed by atoms with E-state index < -0.39 is 31.9 Å². The summed E-state index contributed by atoms with van der Waals surface area (Å²) in [6.45, 7) is 0.0617. The average molecular weight is 627 g/mol. The van der Waals surface area contributed by atoms with Crippen LogP contribution in [0.25, 0.3) is 16.5 Å². The fraction of sp³-hybridized carbons (Fsp3) is 0.111. The predicted molar refractivity (Wildman–Crippen MR) is 160 cm³/mol. The van der Waals surface area contributed by atoms with Crippen LogP contribution in [0.15, 0.2) is 76.8 Å². The van der Waals surface area contributed by atoms with E-state index in [1.807, 2.05) is 0 Å². The molecular weight excluding hydrogens is 604 g/mol. The smallest absolute Gasteiger partial charge is 0.282 e. The molecule has 5 rings (SSSR count). The second-order valence-electron chi connectivity index (χ2n) is 9.37. The molecule has 0 saturated heterocycles. The quantitative estimate of drug-likeness (QED) is 0.266. The van der Waals surface area contributed by atoms with E-state index >= 15 is 0 Å². The number of nitrogens with two attached hydrogens (primary N) is 1. The highest BCUT2D eigenvalue weighted by Crippen LogP contribution is 2.36. The Hall–Kier alpha value is -4.53. The number of aromatic nitrogens is 2. The molecule has 42 heavy (non-hydrogen) atoms. The van der Waals surface area contributed by atoms with Crippen LogP contribution < -0.4 is 15.2 Å². The van der Waals surface area contributed by atoms with E-state index in [1.165, 1.54) is 30.6 Å². The van der Waals surface area contributed by atoms with Crippen LogP contribution in [0.3, 0.4) is 0 Å². The Kier molecular flexibility index (Phi) is 7.62. The zero-order valence-electron chi connectivity index (χ0n) is 21.9. The largest absolute Gasteiger partial charge is 0.384 e. The highest BCUT2D eigenvalue weighted by molar-refractivity contribution is 7.92. The molecular formula is C27H23ClN6O6S2. The fourth-order valence-electron chi connectivity index (χ4n) is 4.62. The number of hydrogen-bond donors (Lipinski definition) is 3. The van der Waals surface area contributed by atoms with Crippen molar-refractivity contribution < 1.29 is 26.4 Å². The number of carbonyl (C=O) groups excluding carboxylic acids is 2. The van der Waals surface area contributed by atoms with Gasteiger partial charge in [0.1, 0.15) is 11.5 Å². The number of sulfonamides is 2. The van der Waals surface area contributed by atoms with Gasteiger partial charge in [-0.3, -0.25) is 14.3 Å². The molecule has 0 saturated carbocycles. The maximum atomic E-state index is 14.0. The van der Waals surface area contributed by atoms with Crippen molar-refractivity contribution in [2.24, 2.45) is 4.99 Å². The first-order chi connectivity index (χ1) is 19.8. The van der Waals surface area contributed by atoms with E-state index in [1.54, 1.807) is 41.0 Å². The number of fused-ring (bicyclic) bond motifs is 1. The summed E-state index contributed by atoms with van der Waals surface area (Å²) in [6.07, 6.45) is 5.77. The first kappa shape index (κ1) is 29.0. The summed E-state index contributed by atoms with van der Waals surface area (Å²) in [4.78, 5) is 34.4. The van der Waals surface area contributed by atoms with Crippen LogP contribution in [0.4, 0.5) is 11.5 Å². The summed E-state index contributed by atoms with van der Waals surface area (Å²) < 4.78 is 56.0. The Balaban J connectivity index is 1.68. The van der Waals surface area contributed by atoms with Crippen LogP contribution >= 0.6 is 11.6 Å². The molecule has 3 heterocycles. The first-order valence-electron chi connectivity index (χ1n) is 12.3. The lowest BCUT2D eigenvalue weighted by atomic mass is 9.98. The molecule has 0 fully saturated rings. The molecule has 4 N–H and O–H groups in total. The third-order valence-corrected chi connectivity index (χ3v) is 8.41. The molecule has 0 spiro atoms. The molecule has 0 radical (unpaired) electrons. The number of dihydropyridines is 1. The first-order valence-corrected chi connectivity index (χ1v) is 16.0. The number of anilines is 2. The lowest BCUT2D eigenvalue weighted by Crippen LogP contribution is -2.33. The van der Waals surface area contributed by atoms with E-state index in [4.69, 9.17) is 17.3 Å². The number of hydrogen-bond acceptors (Lipinski definition) is 8. The molecule has 15 heteroatoms. The van der Waals surface area contributed by atoms with Crippen molar-refractivity contribution in [1.29, 1.82) is 0 Å². The van der Waals surface area contributed by atoms with Crippen molar-refractivity contribution >= 4 is 77.7 Å². The van der Waals surface area contributed by atoms with Crippen LogP contribution in [0.1, 0.15) is 28.0 Å². The number of nitrogen functional groups attached to an aromatic ring is 1. The Morgan fingerprint density at radius 1 is 1.10 bits per heavy atom. The molecule has 216 valence electrons. The van der Waals surface area contributed by atoms with Crippen molar-refractivity contribution in [3.8, 4) is 0 Å². The normalized spacial score (nSPS) is 13.7. The van der Waals surface area contributed by atoms with Gasteiger partial charge in [0.2, 0.25) is 10.0 Å². The highest BCUT2D eigenvalue weighted by atomic mass is 35.5. The van der Waals surface area contributed by atoms with Gasteiger partial charge in [-0.1, -0.05) is 23.7 Å². The number of carbonyl (C=O) groups is 2. The Morgan fingerprint density at radius 2 is 1.88 bits per heavy atom. The SMILES string of the molecule is CS(=O)(=O)Nc1cccc(S(=O)(=O)NC(=O)c2c(C3=CCC=NC3=O)c3cc(Cl)ccc3n2Cc2ccnc(N)c2)c1. The number of nitrogens with one attached hydrogen (secondary N) is 2. The fourth-order valence-corrected chi connectivity index (χ4v) is 6.34. The minimum absolute atomic E-state index is 0.0108. The molecule has 0 bridgehead atoms. The van der Waals surface area contributed by atoms with E-state index in [0.29, 0.717) is 27.9 Å². The second-order valence-corrected chi connectivity index (χ2v) is 13.2. The Labute approximate surface area is 246 Å². The molecule has 1 aliphatic rings. The molecule has 0 atom stereocenters. The molecule has 12 nitrogen and oxygen atoms in total. The van der Waals surface area contributed by atoms with E-state index in [9.17, 15) is 26.4 Å². The van der Waals surface area contributed by atoms with Gasteiger partial charge in [0.25, 0.3) is 21.8 Å². The van der Waals surface area contributed by atoms with Crippen molar-refractivity contribution in [1.82, 2.24) is 14.3 Å². The molecule has 1 aliphatic heterocycles. The highest BCUT2D eigenvalue weighted by Gasteiger charge is 2.31. The minimum atomic E-state index is -4.53. The van der Waals surface area contributed by atoms with Crippen LogP contribution in [0.5, 0.6) is 0 Å². The monoisotopic (exact) mass is 626 g/mol. The van der Waals surface area contributed by atoms with Crippen LogP contribution in [0, 0.1) is 0 Å². The van der Waals surface area contributed by atoms with E-state index in [-0.39, 0.29) is 39.8 Å². The van der Waals surface area contributed by atoms with E-state index in [0.717, 1.165) is 12.3 Å². The number of halogens is 1. The predicted octanol–water partition coefficient (Wildman–Crippen LogP) is 3.19. The van der Waals surface area contributed by atoms with Crippen molar-refractivity contribution in [3.05, 3.63) is 88.7 Å². The summed E-state index contributed by atoms with van der Waals surface area (Å²) >= 11 is 6.32. The molecule has 0 unspecified atom stereocenters. The standard InChI is InChI=1S/C27H23ClN6O6S2/c1-41(37,38)32-18-4-2-5-19(14-18)42(39,40)33-27(36)25-24(20-6-3-10-31-26(20)35)21-13-17(28)7-8-22(21)34(25)15-16-9-11-30-23(29)12-16/h2,4-14,32H,3,15H2,1H3,(H2,29,30)(H,33,36). The number of nitrogens with zero attached hydrogens (tertiary/aromatic N) is 3. The lowest BCUT2D eigenvalue weighted by molar-refractivity contribution is -0.112. The van der Waals surface area contributed by atoms with Gasteiger partial charge < -0.3 is 10.3 Å². The van der Waals surface area contributed by atoms with Gasteiger partial charge in [-0.05, 0) is 54.1 Å². The zero-order chi connectivity index (χ0) is 30.2. The van der Waals surface area contributed by atoms with Gasteiger partial charge in [-0.2, -0.15) is 0 Å². The number of rotatable bonds is 8. The van der Waals surface area contributed by atoms with Crippen molar-refractivity contribution in [2.45, 2.75) is 17.9 Å². The maximum Gasteiger partial charge on any atom is 0.282 e. The summed E-state index contributed by atoms with van der Waals surface area (Å²) in [5, 5.41) is 0.763. The topological polar surface area (TPSA) is 183 Å². The van der Waals surface area contributed by atoms with Gasteiger partial charge >= 0.3 is 0 Å². The summed E-state index contributed by atoms with van der Waals surface area (Å²) in [5.41, 5.74) is 7.15. The third-order valence-electron chi connectivity index (χ3n) is 6.24. The zero-order valence-corrected chi connectivity index (χ0v) is 24.3. The van der Waals surface area contributed by atoms with Crippen LogP contribution in [-0.4, -0.2) is 50.7 Å². The molecule has 0 aliphatic carbocycles. The number of allylic oxidation sites excluding steroid dienone is 1. The third kappa shape index (κ3) is 6.05. The van der Waals surface area contributed by atoms with Gasteiger partial charge in [0.15, 0.2) is 0 Å². The molecule has 2 amide bonds. The van der Waals surface area contributed by atoms with Gasteiger partial charge in [0.05, 0.1) is 11.2 Å². The number of benzene rings is 2. The Bertz CT molecular complexity index is 2050. The second kappa shape index (κ2) is 11.0. The molecule has 2 aromatic heterocycles. The average Bonchev–Trinajstić information content (AvgIpc) is 3.21. The van der Waals surface area contributed by atoms with Crippen LogP contribution in [0.2, 0.25) is 5.02 Å². The summed E-state index contributed by atoms with van der Waals surface area (Å²) in [5.74, 6) is -1.41. The lowest BCUT2D eigenvalue weighted by Gasteiger charge is -2.15. The van der Waals surface area contributed by atoms with Gasteiger partial charge in [0, 0.05) is 58.1 Å². The number of pyridine rings is 1. The molecule has 2 aromatic carbocycles. The van der Waals surface area contributed by atoms with Crippen molar-refractivity contribution in [3.63, 3.8) is 0 Å². The maximum absolute atomic E-state index is 14.0. The van der Waals surface area contributed by atoms with Crippen molar-refractivity contribution in [2.75, 3.05) is 16.7 Å². The molecule has 4 aromatic rings. The Morgan fingerprint density at radius 3 is 2.60 bits per heavy atom. The number of amides is 2. The van der Waals surface area contributed by atoms with E-state index in [2.05, 4.69) is 19.4 Å².